The van der Waals surface area contributed by atoms with E-state index in [2.05, 4.69) is 5.32 Å². The molecule has 1 aliphatic heterocycles. The first kappa shape index (κ1) is 11.6. The SMILES string of the molecule is CC(C)(C)OC(=O)N1CCNC(=C=O)C1. The summed E-state index contributed by atoms with van der Waals surface area (Å²) in [7, 11) is 0. The fourth-order valence-corrected chi connectivity index (χ4v) is 1.22. The van der Waals surface area contributed by atoms with Crippen molar-refractivity contribution in [2.45, 2.75) is 26.4 Å². The number of carbonyl (C=O) groups excluding carboxylic acids is 2. The maximum absolute atomic E-state index is 11.6. The number of amides is 1. The lowest BCUT2D eigenvalue weighted by molar-refractivity contribution is 0.0250. The van der Waals surface area contributed by atoms with Crippen molar-refractivity contribution in [3.8, 4) is 0 Å². The predicted octanol–water partition coefficient (Wildman–Crippen LogP) is 0.542. The van der Waals surface area contributed by atoms with Crippen molar-refractivity contribution in [2.24, 2.45) is 0 Å². The summed E-state index contributed by atoms with van der Waals surface area (Å²) in [5, 5.41) is 2.86. The Morgan fingerprint density at radius 2 is 2.20 bits per heavy atom. The summed E-state index contributed by atoms with van der Waals surface area (Å²) in [6, 6.07) is 0. The van der Waals surface area contributed by atoms with Crippen molar-refractivity contribution in [1.29, 1.82) is 0 Å². The van der Waals surface area contributed by atoms with Crippen LogP contribution in [0.3, 0.4) is 0 Å². The topological polar surface area (TPSA) is 58.6 Å². The van der Waals surface area contributed by atoms with Gasteiger partial charge >= 0.3 is 6.09 Å². The Bertz CT molecular complexity index is 300. The van der Waals surface area contributed by atoms with Gasteiger partial charge in [-0.25, -0.2) is 9.59 Å². The van der Waals surface area contributed by atoms with Crippen LogP contribution in [0.4, 0.5) is 4.79 Å². The molecule has 1 aliphatic rings. The van der Waals surface area contributed by atoms with Gasteiger partial charge in [0.25, 0.3) is 0 Å². The molecule has 0 aliphatic carbocycles. The van der Waals surface area contributed by atoms with Gasteiger partial charge in [0.15, 0.2) is 0 Å². The van der Waals surface area contributed by atoms with Gasteiger partial charge in [0.2, 0.25) is 0 Å². The van der Waals surface area contributed by atoms with Crippen LogP contribution in [0, 0.1) is 0 Å². The first-order valence-electron chi connectivity index (χ1n) is 4.88. The van der Waals surface area contributed by atoms with Crippen LogP contribution in [0.5, 0.6) is 0 Å². The van der Waals surface area contributed by atoms with Crippen molar-refractivity contribution in [1.82, 2.24) is 10.2 Å². The highest BCUT2D eigenvalue weighted by atomic mass is 16.6. The Labute approximate surface area is 89.1 Å². The van der Waals surface area contributed by atoms with Gasteiger partial charge in [0.05, 0.1) is 6.54 Å². The highest BCUT2D eigenvalue weighted by molar-refractivity contribution is 5.69. The first-order chi connectivity index (χ1) is 6.92. The minimum Gasteiger partial charge on any atom is -0.444 e. The summed E-state index contributed by atoms with van der Waals surface area (Å²) in [6.45, 7) is 6.78. The first-order valence-corrected chi connectivity index (χ1v) is 4.88. The lowest BCUT2D eigenvalue weighted by Gasteiger charge is -2.30. The van der Waals surface area contributed by atoms with E-state index >= 15 is 0 Å². The van der Waals surface area contributed by atoms with Gasteiger partial charge < -0.3 is 10.1 Å². The number of rotatable bonds is 0. The van der Waals surface area contributed by atoms with E-state index in [-0.39, 0.29) is 6.54 Å². The maximum Gasteiger partial charge on any atom is 0.410 e. The molecule has 5 nitrogen and oxygen atoms in total. The summed E-state index contributed by atoms with van der Waals surface area (Å²) >= 11 is 0. The van der Waals surface area contributed by atoms with E-state index in [1.807, 2.05) is 20.8 Å². The normalized spacial score (nSPS) is 16.7. The Hall–Kier alpha value is -1.48. The Morgan fingerprint density at radius 1 is 1.53 bits per heavy atom. The highest BCUT2D eigenvalue weighted by Gasteiger charge is 2.25. The largest absolute Gasteiger partial charge is 0.444 e. The Balaban J connectivity index is 2.57. The monoisotopic (exact) mass is 212 g/mol. The van der Waals surface area contributed by atoms with Crippen molar-refractivity contribution in [3.05, 3.63) is 5.70 Å². The van der Waals surface area contributed by atoms with Crippen LogP contribution in [-0.2, 0) is 9.53 Å². The third-order valence-corrected chi connectivity index (χ3v) is 1.84. The molecule has 1 heterocycles. The minimum atomic E-state index is -0.507. The number of piperazine rings is 1. The fourth-order valence-electron chi connectivity index (χ4n) is 1.22. The molecule has 0 spiro atoms. The Kier molecular flexibility index (Phi) is 3.37. The van der Waals surface area contributed by atoms with Crippen molar-refractivity contribution in [2.75, 3.05) is 19.6 Å². The van der Waals surface area contributed by atoms with Gasteiger partial charge in [-0.05, 0) is 20.8 Å². The molecule has 1 fully saturated rings. The molecule has 0 aromatic heterocycles. The van der Waals surface area contributed by atoms with Gasteiger partial charge in [0, 0.05) is 13.1 Å². The van der Waals surface area contributed by atoms with Crippen LogP contribution in [0.2, 0.25) is 0 Å². The highest BCUT2D eigenvalue weighted by Crippen LogP contribution is 2.11. The minimum absolute atomic E-state index is 0.248. The van der Waals surface area contributed by atoms with Crippen LogP contribution in [-0.4, -0.2) is 42.2 Å². The van der Waals surface area contributed by atoms with E-state index in [0.29, 0.717) is 18.8 Å². The molecular weight excluding hydrogens is 196 g/mol. The molecule has 0 unspecified atom stereocenters. The van der Waals surface area contributed by atoms with Gasteiger partial charge in [-0.3, -0.25) is 4.90 Å². The molecule has 0 aromatic carbocycles. The van der Waals surface area contributed by atoms with Crippen LogP contribution in [0.25, 0.3) is 0 Å². The zero-order valence-corrected chi connectivity index (χ0v) is 9.29. The van der Waals surface area contributed by atoms with Gasteiger partial charge in [-0.1, -0.05) is 0 Å². The molecule has 0 atom stereocenters. The van der Waals surface area contributed by atoms with E-state index in [9.17, 15) is 9.59 Å². The number of nitrogens with one attached hydrogen (secondary N) is 1. The molecule has 0 radical (unpaired) electrons. The molecule has 15 heavy (non-hydrogen) atoms. The van der Waals surface area contributed by atoms with Crippen LogP contribution < -0.4 is 5.32 Å². The zero-order valence-electron chi connectivity index (χ0n) is 9.29. The molecule has 1 amide bonds. The second kappa shape index (κ2) is 4.36. The average Bonchev–Trinajstić information content (AvgIpc) is 2.15. The Morgan fingerprint density at radius 3 is 2.73 bits per heavy atom. The summed E-state index contributed by atoms with van der Waals surface area (Å²) in [4.78, 5) is 23.5. The summed E-state index contributed by atoms with van der Waals surface area (Å²) in [5.41, 5.74) is -0.111. The van der Waals surface area contributed by atoms with Crippen molar-refractivity contribution in [3.63, 3.8) is 0 Å². The van der Waals surface area contributed by atoms with E-state index in [4.69, 9.17) is 4.74 Å². The molecule has 5 heteroatoms. The lowest BCUT2D eigenvalue weighted by Crippen LogP contribution is -2.47. The van der Waals surface area contributed by atoms with Crippen LogP contribution >= 0.6 is 0 Å². The second-order valence-corrected chi connectivity index (χ2v) is 4.41. The molecule has 0 bridgehead atoms. The molecule has 84 valence electrons. The fraction of sp³-hybridized carbons (Fsp3) is 0.700. The third-order valence-electron chi connectivity index (χ3n) is 1.84. The standard InChI is InChI=1S/C10H16N2O3/c1-10(2,3)15-9(14)12-5-4-11-8(6-12)7-13/h11H,4-6H2,1-3H3. The average molecular weight is 212 g/mol. The zero-order chi connectivity index (χ0) is 11.5. The molecule has 1 N–H and O–H groups in total. The summed E-state index contributed by atoms with van der Waals surface area (Å²) in [6.07, 6.45) is -0.392. The van der Waals surface area contributed by atoms with Gasteiger partial charge in [-0.15, -0.1) is 0 Å². The van der Waals surface area contributed by atoms with E-state index in [0.717, 1.165) is 0 Å². The van der Waals surface area contributed by atoms with E-state index in [1.165, 1.54) is 4.90 Å². The number of carbonyl (C=O) groups is 1. The molecule has 0 saturated carbocycles. The summed E-state index contributed by atoms with van der Waals surface area (Å²) in [5.74, 6) is 1.76. The molecular formula is C10H16N2O3. The molecule has 0 aromatic rings. The number of ether oxygens (including phenoxy) is 1. The quantitative estimate of drug-likeness (QED) is 0.595. The van der Waals surface area contributed by atoms with Gasteiger partial charge in [0.1, 0.15) is 17.2 Å². The molecule has 1 rings (SSSR count). The van der Waals surface area contributed by atoms with Gasteiger partial charge in [-0.2, -0.15) is 0 Å². The number of hydrogen-bond donors (Lipinski definition) is 1. The van der Waals surface area contributed by atoms with Crippen molar-refractivity contribution < 1.29 is 14.3 Å². The number of nitrogens with zero attached hydrogens (tertiary/aromatic N) is 1. The maximum atomic E-state index is 11.6. The smallest absolute Gasteiger partial charge is 0.410 e. The van der Waals surface area contributed by atoms with E-state index < -0.39 is 11.7 Å². The van der Waals surface area contributed by atoms with Crippen LogP contribution in [0.1, 0.15) is 20.8 Å². The predicted molar refractivity (Wildman–Crippen MR) is 55.0 cm³/mol. The van der Waals surface area contributed by atoms with Crippen LogP contribution in [0.15, 0.2) is 5.70 Å². The van der Waals surface area contributed by atoms with Crippen molar-refractivity contribution >= 4 is 12.0 Å². The lowest BCUT2D eigenvalue weighted by atomic mass is 10.2. The molecule has 1 saturated heterocycles. The summed E-state index contributed by atoms with van der Waals surface area (Å²) < 4.78 is 5.19. The second-order valence-electron chi connectivity index (χ2n) is 4.41. The third kappa shape index (κ3) is 3.64. The van der Waals surface area contributed by atoms with E-state index in [1.54, 1.807) is 5.94 Å². The number of hydrogen-bond acceptors (Lipinski definition) is 4.